The molecule has 2 aromatic rings. The molecule has 16 heavy (non-hydrogen) atoms. The van der Waals surface area contributed by atoms with E-state index in [1.807, 2.05) is 0 Å². The molecular weight excluding hydrogens is 261 g/mol. The molecule has 0 saturated carbocycles. The normalized spacial score (nSPS) is 11.8. The Labute approximate surface area is 104 Å². The van der Waals surface area contributed by atoms with Gasteiger partial charge in [-0.25, -0.2) is 0 Å². The monoisotopic (exact) mass is 281 g/mol. The number of nitrogens with zero attached hydrogens (tertiary/aromatic N) is 1. The molecule has 0 aliphatic carbocycles. The molecule has 0 atom stereocenters. The molecule has 1 nitrogen and oxygen atoms in total. The quantitative estimate of drug-likeness (QED) is 0.778. The van der Waals surface area contributed by atoms with E-state index < -0.39 is 0 Å². The van der Waals surface area contributed by atoms with Crippen LogP contribution in [0.15, 0.2) is 29.2 Å². The fourth-order valence-electron chi connectivity index (χ4n) is 1.78. The summed E-state index contributed by atoms with van der Waals surface area (Å²) in [5.74, 6) is 0. The van der Waals surface area contributed by atoms with E-state index in [0.717, 1.165) is 6.54 Å². The van der Waals surface area contributed by atoms with Gasteiger partial charge in [-0.05, 0) is 0 Å². The van der Waals surface area contributed by atoms with Gasteiger partial charge in [0, 0.05) is 0 Å². The van der Waals surface area contributed by atoms with Gasteiger partial charge in [0.1, 0.15) is 0 Å². The van der Waals surface area contributed by atoms with Crippen LogP contribution in [0.2, 0.25) is 0 Å². The summed E-state index contributed by atoms with van der Waals surface area (Å²) in [7, 11) is 2.21. The molecule has 0 aliphatic heterocycles. The van der Waals surface area contributed by atoms with E-state index in [9.17, 15) is 0 Å². The van der Waals surface area contributed by atoms with E-state index in [1.54, 1.807) is 9.82 Å². The summed E-state index contributed by atoms with van der Waals surface area (Å²) in [5, 5.41) is 1.50. The fourth-order valence-corrected chi connectivity index (χ4v) is 3.87. The second kappa shape index (κ2) is 5.18. The van der Waals surface area contributed by atoms with Crippen LogP contribution in [0, 0.1) is 0 Å². The Morgan fingerprint density at radius 1 is 1.25 bits per heavy atom. The zero-order valence-corrected chi connectivity index (χ0v) is 11.9. The van der Waals surface area contributed by atoms with Crippen molar-refractivity contribution in [2.24, 2.45) is 0 Å². The summed E-state index contributed by atoms with van der Waals surface area (Å²) in [6.07, 6.45) is 1.19. The van der Waals surface area contributed by atoms with Gasteiger partial charge in [-0.1, -0.05) is 0 Å². The van der Waals surface area contributed by atoms with Crippen LogP contribution in [0.1, 0.15) is 19.4 Å². The first-order valence-electron chi connectivity index (χ1n) is 5.84. The third kappa shape index (κ3) is 2.57. The van der Waals surface area contributed by atoms with Crippen LogP contribution in [0.3, 0.4) is 0 Å². The summed E-state index contributed by atoms with van der Waals surface area (Å²) in [4.78, 5) is 4.86. The zero-order chi connectivity index (χ0) is 11.5. The van der Waals surface area contributed by atoms with Gasteiger partial charge in [-0.15, -0.1) is 0 Å². The van der Waals surface area contributed by atoms with E-state index >= 15 is 0 Å². The SMILES string of the molecule is CC(C)N(C)CCc1c[se]c2ccccc12. The molecule has 86 valence electrons. The van der Waals surface area contributed by atoms with Gasteiger partial charge in [-0.2, -0.15) is 0 Å². The van der Waals surface area contributed by atoms with Crippen molar-refractivity contribution in [1.82, 2.24) is 4.90 Å². The number of hydrogen-bond acceptors (Lipinski definition) is 1. The first-order chi connectivity index (χ1) is 7.68. The maximum absolute atomic E-state index is 2.45. The van der Waals surface area contributed by atoms with Gasteiger partial charge in [0.25, 0.3) is 0 Å². The molecule has 0 amide bonds. The van der Waals surface area contributed by atoms with Crippen LogP contribution >= 0.6 is 0 Å². The summed E-state index contributed by atoms with van der Waals surface area (Å²) < 4.78 is 1.55. The summed E-state index contributed by atoms with van der Waals surface area (Å²) in [6.45, 7) is 5.66. The van der Waals surface area contributed by atoms with Gasteiger partial charge in [0.15, 0.2) is 0 Å². The molecule has 0 radical (unpaired) electrons. The molecule has 0 N–H and O–H groups in total. The molecule has 2 rings (SSSR count). The number of rotatable bonds is 4. The van der Waals surface area contributed by atoms with Gasteiger partial charge in [0.2, 0.25) is 0 Å². The molecule has 0 bridgehead atoms. The predicted molar refractivity (Wildman–Crippen MR) is 72.4 cm³/mol. The van der Waals surface area contributed by atoms with E-state index in [4.69, 9.17) is 0 Å². The molecule has 1 aromatic heterocycles. The molecule has 1 heterocycles. The van der Waals surface area contributed by atoms with E-state index in [1.165, 1.54) is 11.8 Å². The number of benzene rings is 1. The van der Waals surface area contributed by atoms with Crippen molar-refractivity contribution in [2.75, 3.05) is 13.6 Å². The van der Waals surface area contributed by atoms with Crippen LogP contribution in [-0.2, 0) is 6.42 Å². The Kier molecular flexibility index (Phi) is 3.86. The first kappa shape index (κ1) is 11.9. The van der Waals surface area contributed by atoms with Crippen LogP contribution < -0.4 is 0 Å². The molecule has 2 heteroatoms. The van der Waals surface area contributed by atoms with Crippen molar-refractivity contribution in [3.05, 3.63) is 34.8 Å². The Morgan fingerprint density at radius 2 is 2.00 bits per heavy atom. The van der Waals surface area contributed by atoms with Crippen LogP contribution in [0.5, 0.6) is 0 Å². The molecule has 0 spiro atoms. The molecule has 0 aliphatic rings. The van der Waals surface area contributed by atoms with Gasteiger partial charge in [0.05, 0.1) is 0 Å². The first-order valence-corrected chi connectivity index (χ1v) is 7.68. The topological polar surface area (TPSA) is 3.24 Å². The zero-order valence-electron chi connectivity index (χ0n) is 10.2. The number of hydrogen-bond donors (Lipinski definition) is 0. The third-order valence-electron chi connectivity index (χ3n) is 3.18. The van der Waals surface area contributed by atoms with Crippen molar-refractivity contribution in [2.45, 2.75) is 26.3 Å². The van der Waals surface area contributed by atoms with Crippen LogP contribution in [0.25, 0.3) is 9.65 Å². The average Bonchev–Trinajstić information content (AvgIpc) is 2.69. The van der Waals surface area contributed by atoms with Crippen molar-refractivity contribution in [3.63, 3.8) is 0 Å². The van der Waals surface area contributed by atoms with Crippen molar-refractivity contribution < 1.29 is 0 Å². The van der Waals surface area contributed by atoms with Gasteiger partial charge >= 0.3 is 104 Å². The summed E-state index contributed by atoms with van der Waals surface area (Å²) >= 11 is 0.572. The van der Waals surface area contributed by atoms with Crippen LogP contribution in [-0.4, -0.2) is 39.0 Å². The Balaban J connectivity index is 2.10. The maximum atomic E-state index is 2.45. The summed E-state index contributed by atoms with van der Waals surface area (Å²) in [6, 6.07) is 9.48. The fraction of sp³-hybridized carbons (Fsp3) is 0.429. The van der Waals surface area contributed by atoms with Crippen molar-refractivity contribution in [3.8, 4) is 0 Å². The molecule has 0 saturated heterocycles. The van der Waals surface area contributed by atoms with Gasteiger partial charge < -0.3 is 0 Å². The average molecular weight is 280 g/mol. The Morgan fingerprint density at radius 3 is 2.75 bits per heavy atom. The van der Waals surface area contributed by atoms with E-state index in [0.29, 0.717) is 20.5 Å². The standard InChI is InChI=1S/C14H19NSe/c1-11(2)15(3)9-8-12-10-16-14-7-5-4-6-13(12)14/h4-7,10-11H,8-9H2,1-3H3. The van der Waals surface area contributed by atoms with E-state index in [-0.39, 0.29) is 0 Å². The van der Waals surface area contributed by atoms with Crippen LogP contribution in [0.4, 0.5) is 0 Å². The van der Waals surface area contributed by atoms with Gasteiger partial charge in [-0.3, -0.25) is 0 Å². The molecule has 0 fully saturated rings. The number of fused-ring (bicyclic) bond motifs is 1. The number of likely N-dealkylation sites (N-methyl/N-ethyl adjacent to an activating group) is 1. The second-order valence-corrected chi connectivity index (χ2v) is 6.49. The molecule has 1 aromatic carbocycles. The van der Waals surface area contributed by atoms with Crippen molar-refractivity contribution >= 4 is 24.1 Å². The third-order valence-corrected chi connectivity index (χ3v) is 5.30. The van der Waals surface area contributed by atoms with Crippen molar-refractivity contribution in [1.29, 1.82) is 0 Å². The second-order valence-electron chi connectivity index (χ2n) is 4.58. The predicted octanol–water partition coefficient (Wildman–Crippen LogP) is 2.78. The Bertz CT molecular complexity index is 458. The minimum absolute atomic E-state index is 0.572. The summed E-state index contributed by atoms with van der Waals surface area (Å²) in [5.41, 5.74) is 1.56. The minimum atomic E-state index is 0.572. The molecular formula is C14H19NSe. The molecule has 0 unspecified atom stereocenters. The Hall–Kier alpha value is -0.561. The van der Waals surface area contributed by atoms with E-state index in [2.05, 4.69) is 55.0 Å².